The summed E-state index contributed by atoms with van der Waals surface area (Å²) >= 11 is 1.51. The fourth-order valence-electron chi connectivity index (χ4n) is 3.16. The molecule has 0 aromatic heterocycles. The molecule has 0 saturated carbocycles. The first-order valence-electron chi connectivity index (χ1n) is 9.09. The van der Waals surface area contributed by atoms with Crippen LogP contribution in [0.2, 0.25) is 0 Å². The number of thioether (sulfide) groups is 1. The highest BCUT2D eigenvalue weighted by Gasteiger charge is 2.26. The maximum absolute atomic E-state index is 12.6. The molecule has 3 rings (SSSR count). The maximum atomic E-state index is 12.6. The van der Waals surface area contributed by atoms with Crippen LogP contribution < -0.4 is 15.0 Å². The van der Waals surface area contributed by atoms with Gasteiger partial charge in [-0.05, 0) is 43.9 Å². The molecule has 148 valence electrons. The van der Waals surface area contributed by atoms with Gasteiger partial charge >= 0.3 is 0 Å². The number of nitrogens with one attached hydrogen (secondary N) is 1. The molecule has 0 bridgehead atoms. The van der Waals surface area contributed by atoms with E-state index in [9.17, 15) is 9.59 Å². The first kappa shape index (κ1) is 20.2. The number of nitrogens with zero attached hydrogens (tertiary/aromatic N) is 2. The van der Waals surface area contributed by atoms with E-state index in [0.717, 1.165) is 21.9 Å². The number of likely N-dealkylation sites (N-methyl/N-ethyl adjacent to an activating group) is 1. The summed E-state index contributed by atoms with van der Waals surface area (Å²) < 4.78 is 5.21. The van der Waals surface area contributed by atoms with E-state index >= 15 is 0 Å². The molecule has 0 aliphatic carbocycles. The zero-order valence-electron chi connectivity index (χ0n) is 16.3. The SMILES string of the molecule is COc1ccc(C(CNC(=O)CN2C(=O)CSc3ccccc32)N(C)C)cc1. The van der Waals surface area contributed by atoms with Crippen LogP contribution in [0, 0.1) is 0 Å². The lowest BCUT2D eigenvalue weighted by Gasteiger charge is -2.29. The third-order valence-electron chi connectivity index (χ3n) is 4.73. The summed E-state index contributed by atoms with van der Waals surface area (Å²) in [6, 6.07) is 15.5. The van der Waals surface area contributed by atoms with E-state index in [-0.39, 0.29) is 24.4 Å². The van der Waals surface area contributed by atoms with Crippen LogP contribution in [0.1, 0.15) is 11.6 Å². The molecule has 1 atom stereocenters. The predicted octanol–water partition coefficient (Wildman–Crippen LogP) is 2.55. The topological polar surface area (TPSA) is 61.9 Å². The van der Waals surface area contributed by atoms with Gasteiger partial charge in [-0.15, -0.1) is 11.8 Å². The highest BCUT2D eigenvalue weighted by molar-refractivity contribution is 8.00. The van der Waals surface area contributed by atoms with Crippen LogP contribution in [0.3, 0.4) is 0 Å². The number of amides is 2. The second kappa shape index (κ2) is 9.12. The van der Waals surface area contributed by atoms with Crippen LogP contribution in [0.5, 0.6) is 5.75 Å². The highest BCUT2D eigenvalue weighted by Crippen LogP contribution is 2.34. The highest BCUT2D eigenvalue weighted by atomic mass is 32.2. The van der Waals surface area contributed by atoms with Crippen LogP contribution in [-0.4, -0.2) is 56.8 Å². The molecular formula is C21H25N3O3S. The van der Waals surface area contributed by atoms with Crippen molar-refractivity contribution in [3.05, 3.63) is 54.1 Å². The van der Waals surface area contributed by atoms with Crippen molar-refractivity contribution in [1.82, 2.24) is 10.2 Å². The molecule has 1 N–H and O–H groups in total. The molecule has 1 heterocycles. The van der Waals surface area contributed by atoms with Crippen molar-refractivity contribution in [3.63, 3.8) is 0 Å². The number of benzene rings is 2. The first-order chi connectivity index (χ1) is 13.5. The average Bonchev–Trinajstić information content (AvgIpc) is 2.70. The zero-order chi connectivity index (χ0) is 20.1. The molecule has 0 radical (unpaired) electrons. The fourth-order valence-corrected chi connectivity index (χ4v) is 4.10. The van der Waals surface area contributed by atoms with Gasteiger partial charge in [0.05, 0.1) is 24.6 Å². The minimum atomic E-state index is -0.171. The van der Waals surface area contributed by atoms with E-state index in [2.05, 4.69) is 10.2 Å². The van der Waals surface area contributed by atoms with Crippen LogP contribution in [-0.2, 0) is 9.59 Å². The van der Waals surface area contributed by atoms with E-state index in [1.54, 1.807) is 12.0 Å². The maximum Gasteiger partial charge on any atom is 0.240 e. The van der Waals surface area contributed by atoms with Crippen molar-refractivity contribution >= 4 is 29.3 Å². The normalized spacial score (nSPS) is 14.6. The molecule has 1 aliphatic heterocycles. The number of rotatable bonds is 7. The van der Waals surface area contributed by atoms with Gasteiger partial charge in [-0.2, -0.15) is 0 Å². The number of hydrogen-bond acceptors (Lipinski definition) is 5. The number of hydrogen-bond donors (Lipinski definition) is 1. The molecule has 28 heavy (non-hydrogen) atoms. The minimum Gasteiger partial charge on any atom is -0.497 e. The van der Waals surface area contributed by atoms with E-state index in [1.807, 2.05) is 62.6 Å². The molecule has 1 aliphatic rings. The smallest absolute Gasteiger partial charge is 0.240 e. The number of ether oxygens (including phenoxy) is 1. The molecule has 0 spiro atoms. The Kier molecular flexibility index (Phi) is 6.59. The van der Waals surface area contributed by atoms with E-state index in [1.165, 1.54) is 11.8 Å². The number of fused-ring (bicyclic) bond motifs is 1. The summed E-state index contributed by atoms with van der Waals surface area (Å²) in [5.41, 5.74) is 1.89. The van der Waals surface area contributed by atoms with Crippen molar-refractivity contribution in [2.24, 2.45) is 0 Å². The summed E-state index contributed by atoms with van der Waals surface area (Å²) in [5.74, 6) is 0.940. The zero-order valence-corrected chi connectivity index (χ0v) is 17.2. The largest absolute Gasteiger partial charge is 0.497 e. The standard InChI is InChI=1S/C21H25N3O3S/c1-23(2)18(15-8-10-16(27-3)11-9-15)12-22-20(25)13-24-17-6-4-5-7-19(17)28-14-21(24)26/h4-11,18H,12-14H2,1-3H3,(H,22,25). The van der Waals surface area contributed by atoms with Crippen molar-refractivity contribution in [2.45, 2.75) is 10.9 Å². The Balaban J connectivity index is 1.64. The van der Waals surface area contributed by atoms with Crippen LogP contribution in [0.4, 0.5) is 5.69 Å². The summed E-state index contributed by atoms with van der Waals surface area (Å²) in [5, 5.41) is 2.98. The number of carbonyl (C=O) groups is 2. The monoisotopic (exact) mass is 399 g/mol. The summed E-state index contributed by atoms with van der Waals surface area (Å²) in [6.07, 6.45) is 0. The van der Waals surface area contributed by atoms with Gasteiger partial charge in [0.1, 0.15) is 12.3 Å². The minimum absolute atomic E-state index is 0.0229. The van der Waals surface area contributed by atoms with Crippen molar-refractivity contribution in [3.8, 4) is 5.75 Å². The fraction of sp³-hybridized carbons (Fsp3) is 0.333. The van der Waals surface area contributed by atoms with Crippen LogP contribution in [0.25, 0.3) is 0 Å². The second-order valence-electron chi connectivity index (χ2n) is 6.79. The Hall–Kier alpha value is -2.51. The number of para-hydroxylation sites is 1. The van der Waals surface area contributed by atoms with Gasteiger partial charge in [-0.3, -0.25) is 9.59 Å². The molecule has 7 heteroatoms. The Morgan fingerprint density at radius 1 is 1.21 bits per heavy atom. The lowest BCUT2D eigenvalue weighted by Crippen LogP contribution is -2.45. The molecule has 0 saturated heterocycles. The molecule has 1 unspecified atom stereocenters. The van der Waals surface area contributed by atoms with E-state index in [0.29, 0.717) is 12.3 Å². The quantitative estimate of drug-likeness (QED) is 0.775. The van der Waals surface area contributed by atoms with Gasteiger partial charge in [-0.25, -0.2) is 0 Å². The Morgan fingerprint density at radius 3 is 2.61 bits per heavy atom. The third kappa shape index (κ3) is 4.66. The second-order valence-corrected chi connectivity index (χ2v) is 7.81. The Labute approximate surface area is 169 Å². The van der Waals surface area contributed by atoms with Crippen LogP contribution >= 0.6 is 11.8 Å². The number of anilines is 1. The Bertz CT molecular complexity index is 839. The van der Waals surface area contributed by atoms with Crippen molar-refractivity contribution in [1.29, 1.82) is 0 Å². The molecule has 2 aromatic rings. The lowest BCUT2D eigenvalue weighted by molar-refractivity contribution is -0.123. The average molecular weight is 400 g/mol. The molecular weight excluding hydrogens is 374 g/mol. The Morgan fingerprint density at radius 2 is 1.93 bits per heavy atom. The number of carbonyl (C=O) groups excluding carboxylic acids is 2. The summed E-state index contributed by atoms with van der Waals surface area (Å²) in [7, 11) is 5.59. The van der Waals surface area contributed by atoms with Gasteiger partial charge in [0, 0.05) is 11.4 Å². The predicted molar refractivity (Wildman–Crippen MR) is 112 cm³/mol. The van der Waals surface area contributed by atoms with Crippen molar-refractivity contribution < 1.29 is 14.3 Å². The molecule has 2 aromatic carbocycles. The lowest BCUT2D eigenvalue weighted by atomic mass is 10.1. The van der Waals surface area contributed by atoms with Gasteiger partial charge < -0.3 is 19.9 Å². The van der Waals surface area contributed by atoms with Gasteiger partial charge in [0.2, 0.25) is 11.8 Å². The van der Waals surface area contributed by atoms with Crippen LogP contribution in [0.15, 0.2) is 53.4 Å². The molecule has 0 fully saturated rings. The van der Waals surface area contributed by atoms with E-state index in [4.69, 9.17) is 4.74 Å². The third-order valence-corrected chi connectivity index (χ3v) is 5.77. The summed E-state index contributed by atoms with van der Waals surface area (Å²) in [6.45, 7) is 0.482. The van der Waals surface area contributed by atoms with Gasteiger partial charge in [0.25, 0.3) is 0 Å². The van der Waals surface area contributed by atoms with Gasteiger partial charge in [-0.1, -0.05) is 24.3 Å². The van der Waals surface area contributed by atoms with Gasteiger partial charge in [0.15, 0.2) is 0 Å². The first-order valence-corrected chi connectivity index (χ1v) is 10.1. The summed E-state index contributed by atoms with van der Waals surface area (Å²) in [4.78, 5) is 29.6. The van der Waals surface area contributed by atoms with Crippen molar-refractivity contribution in [2.75, 3.05) is 44.9 Å². The van der Waals surface area contributed by atoms with E-state index < -0.39 is 0 Å². The molecule has 2 amide bonds. The number of methoxy groups -OCH3 is 1. The molecule has 6 nitrogen and oxygen atoms in total.